The van der Waals surface area contributed by atoms with Crippen molar-refractivity contribution in [3.8, 4) is 0 Å². The molecule has 2 aromatic rings. The summed E-state index contributed by atoms with van der Waals surface area (Å²) < 4.78 is 0. The zero-order valence-corrected chi connectivity index (χ0v) is 20.9. The van der Waals surface area contributed by atoms with Gasteiger partial charge in [0.2, 0.25) is 5.91 Å². The lowest BCUT2D eigenvalue weighted by molar-refractivity contribution is -0.126. The Morgan fingerprint density at radius 2 is 1.97 bits per heavy atom. The van der Waals surface area contributed by atoms with Crippen LogP contribution in [0.3, 0.4) is 0 Å². The second-order valence-electron chi connectivity index (χ2n) is 10.5. The molecule has 3 N–H and O–H groups in total. The van der Waals surface area contributed by atoms with Gasteiger partial charge in [-0.1, -0.05) is 37.6 Å². The van der Waals surface area contributed by atoms with Crippen LogP contribution in [0, 0.1) is 11.8 Å². The lowest BCUT2D eigenvalue weighted by Crippen LogP contribution is -2.53. The first-order valence-electron chi connectivity index (χ1n) is 12.3. The predicted molar refractivity (Wildman–Crippen MR) is 134 cm³/mol. The highest BCUT2D eigenvalue weighted by Crippen LogP contribution is 2.38. The molecule has 1 aromatic carbocycles. The molecule has 5 nitrogen and oxygen atoms in total. The van der Waals surface area contributed by atoms with Gasteiger partial charge in [0.1, 0.15) is 0 Å². The fourth-order valence-corrected chi connectivity index (χ4v) is 5.74. The van der Waals surface area contributed by atoms with E-state index < -0.39 is 5.54 Å². The van der Waals surface area contributed by atoms with Crippen molar-refractivity contribution in [3.63, 3.8) is 0 Å². The second kappa shape index (κ2) is 10.1. The number of nitrogens with two attached hydrogens (primary N) is 1. The van der Waals surface area contributed by atoms with Gasteiger partial charge in [0, 0.05) is 17.8 Å². The molecular formula is C27H37ClN4O. The quantitative estimate of drug-likeness (QED) is 0.654. The highest BCUT2D eigenvalue weighted by atomic mass is 35.5. The van der Waals surface area contributed by atoms with E-state index in [2.05, 4.69) is 42.3 Å². The fourth-order valence-electron chi connectivity index (χ4n) is 5.55. The molecule has 1 fully saturated rings. The largest absolute Gasteiger partial charge is 0.354 e. The van der Waals surface area contributed by atoms with Gasteiger partial charge in [-0.3, -0.25) is 14.7 Å². The van der Waals surface area contributed by atoms with Gasteiger partial charge in [-0.05, 0) is 98.8 Å². The van der Waals surface area contributed by atoms with E-state index in [0.717, 1.165) is 43.8 Å². The highest BCUT2D eigenvalue weighted by Gasteiger charge is 2.34. The Labute approximate surface area is 203 Å². The molecule has 33 heavy (non-hydrogen) atoms. The van der Waals surface area contributed by atoms with E-state index in [-0.39, 0.29) is 11.9 Å². The first kappa shape index (κ1) is 24.2. The summed E-state index contributed by atoms with van der Waals surface area (Å²) in [5, 5.41) is 3.93. The number of amides is 1. The maximum Gasteiger partial charge on any atom is 0.239 e. The topological polar surface area (TPSA) is 71.2 Å². The van der Waals surface area contributed by atoms with Gasteiger partial charge in [0.05, 0.1) is 17.3 Å². The number of aryl methyl sites for hydroxylation is 2. The number of carbonyl (C=O) groups is 1. The van der Waals surface area contributed by atoms with E-state index in [0.29, 0.717) is 24.8 Å². The number of rotatable bonds is 6. The summed E-state index contributed by atoms with van der Waals surface area (Å²) in [6.45, 7) is 8.69. The molecule has 0 bridgehead atoms. The van der Waals surface area contributed by atoms with Crippen LogP contribution >= 0.6 is 11.6 Å². The second-order valence-corrected chi connectivity index (χ2v) is 10.9. The standard InChI is InChI=1S/C27H37ClN4O/c1-18(2)16-27(3,29)26(33)31-17-19-10-13-32(14-11-19)25-23-9-8-22(28)15-21(23)7-6-20-5-4-12-30-24(20)25/h4-5,8-9,12,15,18-19,25H,6-7,10-11,13-14,16-17,29H2,1-3H3,(H,31,33). The zero-order valence-electron chi connectivity index (χ0n) is 20.1. The molecular weight excluding hydrogens is 432 g/mol. The van der Waals surface area contributed by atoms with Gasteiger partial charge in [0.25, 0.3) is 0 Å². The Kier molecular flexibility index (Phi) is 7.42. The summed E-state index contributed by atoms with van der Waals surface area (Å²) in [6, 6.07) is 10.7. The van der Waals surface area contributed by atoms with Crippen molar-refractivity contribution < 1.29 is 4.79 Å². The van der Waals surface area contributed by atoms with Crippen LogP contribution in [-0.2, 0) is 17.6 Å². The molecule has 2 unspecified atom stereocenters. The third kappa shape index (κ3) is 5.59. The van der Waals surface area contributed by atoms with E-state index in [4.69, 9.17) is 22.3 Å². The number of fused-ring (bicyclic) bond motifs is 2. The van der Waals surface area contributed by atoms with Gasteiger partial charge >= 0.3 is 0 Å². The van der Waals surface area contributed by atoms with Crippen molar-refractivity contribution in [1.29, 1.82) is 0 Å². The zero-order chi connectivity index (χ0) is 23.6. The number of nitrogens with one attached hydrogen (secondary N) is 1. The van der Waals surface area contributed by atoms with Gasteiger partial charge in [-0.2, -0.15) is 0 Å². The van der Waals surface area contributed by atoms with Crippen LogP contribution in [0.5, 0.6) is 0 Å². The lowest BCUT2D eigenvalue weighted by atomic mass is 9.89. The number of piperidine rings is 1. The van der Waals surface area contributed by atoms with Crippen molar-refractivity contribution in [2.75, 3.05) is 19.6 Å². The van der Waals surface area contributed by atoms with E-state index in [9.17, 15) is 4.79 Å². The molecule has 0 radical (unpaired) electrons. The molecule has 1 aliphatic carbocycles. The molecule has 1 amide bonds. The molecule has 0 spiro atoms. The van der Waals surface area contributed by atoms with Crippen LogP contribution in [-0.4, -0.2) is 41.0 Å². The van der Waals surface area contributed by atoms with E-state index in [1.165, 1.54) is 22.4 Å². The first-order chi connectivity index (χ1) is 15.7. The number of likely N-dealkylation sites (tertiary alicyclic amines) is 1. The van der Waals surface area contributed by atoms with Crippen LogP contribution < -0.4 is 11.1 Å². The number of aromatic nitrogens is 1. The van der Waals surface area contributed by atoms with Crippen molar-refractivity contribution in [2.45, 2.75) is 64.5 Å². The van der Waals surface area contributed by atoms with Crippen LogP contribution in [0.1, 0.15) is 68.5 Å². The average Bonchev–Trinajstić information content (AvgIpc) is 2.93. The third-order valence-electron chi connectivity index (χ3n) is 7.16. The van der Waals surface area contributed by atoms with Crippen LogP contribution in [0.4, 0.5) is 0 Å². The average molecular weight is 469 g/mol. The molecule has 2 aliphatic rings. The third-order valence-corrected chi connectivity index (χ3v) is 7.40. The summed E-state index contributed by atoms with van der Waals surface area (Å²) in [7, 11) is 0. The Balaban J connectivity index is 1.44. The fraction of sp³-hybridized carbons (Fsp3) is 0.556. The minimum Gasteiger partial charge on any atom is -0.354 e. The molecule has 178 valence electrons. The summed E-state index contributed by atoms with van der Waals surface area (Å²) >= 11 is 6.34. The molecule has 6 heteroatoms. The van der Waals surface area contributed by atoms with Gasteiger partial charge in [-0.25, -0.2) is 0 Å². The first-order valence-corrected chi connectivity index (χ1v) is 12.7. The Morgan fingerprint density at radius 1 is 1.24 bits per heavy atom. The highest BCUT2D eigenvalue weighted by molar-refractivity contribution is 6.30. The number of pyridine rings is 1. The monoisotopic (exact) mass is 468 g/mol. The summed E-state index contributed by atoms with van der Waals surface area (Å²) in [5.74, 6) is 0.827. The number of benzene rings is 1. The summed E-state index contributed by atoms with van der Waals surface area (Å²) in [6.07, 6.45) is 6.68. The van der Waals surface area contributed by atoms with E-state index in [1.807, 2.05) is 25.3 Å². The molecule has 2 atom stereocenters. The molecule has 1 aliphatic heterocycles. The predicted octanol–water partition coefficient (Wildman–Crippen LogP) is 4.51. The molecule has 1 saturated heterocycles. The maximum atomic E-state index is 12.6. The molecule has 1 aromatic heterocycles. The minimum atomic E-state index is -0.810. The smallest absolute Gasteiger partial charge is 0.239 e. The van der Waals surface area contributed by atoms with Gasteiger partial charge in [-0.15, -0.1) is 0 Å². The van der Waals surface area contributed by atoms with Crippen LogP contribution in [0.15, 0.2) is 36.5 Å². The molecule has 0 saturated carbocycles. The SMILES string of the molecule is CC(C)CC(C)(N)C(=O)NCC1CCN(C2c3ccc(Cl)cc3CCc3cccnc32)CC1. The van der Waals surface area contributed by atoms with Crippen molar-refractivity contribution in [1.82, 2.24) is 15.2 Å². The van der Waals surface area contributed by atoms with Gasteiger partial charge < -0.3 is 11.1 Å². The normalized spacial score (nSPS) is 21.1. The summed E-state index contributed by atoms with van der Waals surface area (Å²) in [4.78, 5) is 20.0. The van der Waals surface area contributed by atoms with Crippen molar-refractivity contribution in [3.05, 3.63) is 63.9 Å². The van der Waals surface area contributed by atoms with E-state index >= 15 is 0 Å². The molecule has 2 heterocycles. The minimum absolute atomic E-state index is 0.0358. The number of hydrogen-bond donors (Lipinski definition) is 2. The number of halogens is 1. The maximum absolute atomic E-state index is 12.6. The lowest BCUT2D eigenvalue weighted by Gasteiger charge is -2.38. The Morgan fingerprint density at radius 3 is 2.70 bits per heavy atom. The van der Waals surface area contributed by atoms with Crippen LogP contribution in [0.2, 0.25) is 5.02 Å². The Bertz CT molecular complexity index is 982. The number of carbonyl (C=O) groups excluding carboxylic acids is 1. The van der Waals surface area contributed by atoms with E-state index in [1.54, 1.807) is 0 Å². The van der Waals surface area contributed by atoms with Crippen molar-refractivity contribution >= 4 is 17.5 Å². The number of nitrogens with zero attached hydrogens (tertiary/aromatic N) is 2. The van der Waals surface area contributed by atoms with Crippen molar-refractivity contribution in [2.24, 2.45) is 17.6 Å². The molecule has 4 rings (SSSR count). The Hall–Kier alpha value is -1.95. The summed E-state index contributed by atoms with van der Waals surface area (Å²) in [5.41, 5.74) is 10.6. The van der Waals surface area contributed by atoms with Gasteiger partial charge in [0.15, 0.2) is 0 Å². The number of hydrogen-bond acceptors (Lipinski definition) is 4. The van der Waals surface area contributed by atoms with Crippen LogP contribution in [0.25, 0.3) is 0 Å².